The molecule has 2 heterocycles. The van der Waals surface area contributed by atoms with Crippen LogP contribution in [-0.4, -0.2) is 59.9 Å². The first-order chi connectivity index (χ1) is 12.1. The van der Waals surface area contributed by atoms with E-state index in [4.69, 9.17) is 4.74 Å². The summed E-state index contributed by atoms with van der Waals surface area (Å²) in [6.07, 6.45) is 0.328. The Kier molecular flexibility index (Phi) is 5.33. The van der Waals surface area contributed by atoms with Gasteiger partial charge in [-0.1, -0.05) is 6.07 Å². The molecule has 0 radical (unpaired) electrons. The molecule has 0 N–H and O–H groups in total. The maximum absolute atomic E-state index is 12.6. The van der Waals surface area contributed by atoms with Crippen molar-refractivity contribution in [2.24, 2.45) is 0 Å². The van der Waals surface area contributed by atoms with E-state index in [1.54, 1.807) is 35.5 Å². The summed E-state index contributed by atoms with van der Waals surface area (Å²) in [4.78, 5) is 32.9. The average molecular weight is 359 g/mol. The van der Waals surface area contributed by atoms with E-state index in [0.29, 0.717) is 43.9 Å². The van der Waals surface area contributed by atoms with Gasteiger partial charge in [0.2, 0.25) is 5.91 Å². The van der Waals surface area contributed by atoms with Crippen molar-refractivity contribution in [1.29, 1.82) is 0 Å². The Labute approximate surface area is 151 Å². The van der Waals surface area contributed by atoms with Crippen molar-refractivity contribution in [1.82, 2.24) is 14.8 Å². The molecule has 0 saturated carbocycles. The summed E-state index contributed by atoms with van der Waals surface area (Å²) in [6.45, 7) is 4.12. The third-order valence-electron chi connectivity index (χ3n) is 4.24. The van der Waals surface area contributed by atoms with Gasteiger partial charge < -0.3 is 14.5 Å². The number of piperazine rings is 1. The molecular weight excluding hydrogens is 338 g/mol. The van der Waals surface area contributed by atoms with E-state index in [2.05, 4.69) is 4.98 Å². The topological polar surface area (TPSA) is 62.7 Å². The predicted octanol–water partition coefficient (Wildman–Crippen LogP) is 1.99. The normalized spacial score (nSPS) is 14.5. The maximum Gasteiger partial charge on any atom is 0.254 e. The minimum Gasteiger partial charge on any atom is -0.497 e. The van der Waals surface area contributed by atoms with Crippen LogP contribution in [-0.2, 0) is 11.2 Å². The van der Waals surface area contributed by atoms with Crippen molar-refractivity contribution in [3.63, 3.8) is 0 Å². The molecule has 2 aromatic rings. The molecule has 0 unspecified atom stereocenters. The Morgan fingerprint density at radius 3 is 2.56 bits per heavy atom. The second-order valence-electron chi connectivity index (χ2n) is 5.94. The molecule has 6 nitrogen and oxygen atoms in total. The number of nitrogens with zero attached hydrogens (tertiary/aromatic N) is 3. The molecule has 0 aliphatic carbocycles. The molecule has 1 aromatic carbocycles. The number of ether oxygens (including phenoxy) is 1. The van der Waals surface area contributed by atoms with Crippen LogP contribution >= 0.6 is 11.3 Å². The highest BCUT2D eigenvalue weighted by Gasteiger charge is 2.25. The summed E-state index contributed by atoms with van der Waals surface area (Å²) >= 11 is 1.55. The highest BCUT2D eigenvalue weighted by atomic mass is 32.1. The van der Waals surface area contributed by atoms with Crippen molar-refractivity contribution in [3.8, 4) is 5.75 Å². The minimum atomic E-state index is -0.0267. The number of thiazole rings is 1. The van der Waals surface area contributed by atoms with Crippen molar-refractivity contribution < 1.29 is 14.3 Å². The van der Waals surface area contributed by atoms with Gasteiger partial charge in [-0.25, -0.2) is 4.98 Å². The van der Waals surface area contributed by atoms with E-state index in [1.807, 2.05) is 29.3 Å². The lowest BCUT2D eigenvalue weighted by Crippen LogP contribution is -2.51. The van der Waals surface area contributed by atoms with Crippen LogP contribution in [0.4, 0.5) is 0 Å². The number of rotatable bonds is 4. The second-order valence-corrected chi connectivity index (χ2v) is 7.00. The number of amides is 2. The predicted molar refractivity (Wildman–Crippen MR) is 96.0 cm³/mol. The van der Waals surface area contributed by atoms with E-state index in [9.17, 15) is 9.59 Å². The fourth-order valence-corrected chi connectivity index (χ4v) is 3.47. The monoisotopic (exact) mass is 359 g/mol. The smallest absolute Gasteiger partial charge is 0.254 e. The fraction of sp³-hybridized carbons (Fsp3) is 0.389. The average Bonchev–Trinajstić information content (AvgIpc) is 3.06. The van der Waals surface area contributed by atoms with E-state index in [-0.39, 0.29) is 11.8 Å². The van der Waals surface area contributed by atoms with E-state index in [1.165, 1.54) is 0 Å². The van der Waals surface area contributed by atoms with Gasteiger partial charge in [-0.05, 0) is 25.1 Å². The Balaban J connectivity index is 1.55. The lowest BCUT2D eigenvalue weighted by atomic mass is 10.1. The van der Waals surface area contributed by atoms with Gasteiger partial charge in [0.05, 0.1) is 24.2 Å². The first kappa shape index (κ1) is 17.4. The van der Waals surface area contributed by atoms with Crippen molar-refractivity contribution in [2.75, 3.05) is 33.3 Å². The van der Waals surface area contributed by atoms with Crippen LogP contribution in [0.3, 0.4) is 0 Å². The van der Waals surface area contributed by atoms with Gasteiger partial charge in [0.1, 0.15) is 5.75 Å². The molecule has 0 atom stereocenters. The summed E-state index contributed by atoms with van der Waals surface area (Å²) in [5.41, 5.74) is 1.43. The van der Waals surface area contributed by atoms with Gasteiger partial charge in [0.25, 0.3) is 5.91 Å². The van der Waals surface area contributed by atoms with Crippen molar-refractivity contribution >= 4 is 23.2 Å². The molecule has 1 aromatic heterocycles. The van der Waals surface area contributed by atoms with E-state index >= 15 is 0 Å². The number of carbonyl (C=O) groups is 2. The molecule has 0 bridgehead atoms. The third kappa shape index (κ3) is 4.17. The van der Waals surface area contributed by atoms with Crippen molar-refractivity contribution in [3.05, 3.63) is 45.9 Å². The molecule has 132 valence electrons. The molecule has 25 heavy (non-hydrogen) atoms. The van der Waals surface area contributed by atoms with E-state index < -0.39 is 0 Å². The van der Waals surface area contributed by atoms with Gasteiger partial charge >= 0.3 is 0 Å². The summed E-state index contributed by atoms with van der Waals surface area (Å²) in [5, 5.41) is 2.90. The first-order valence-corrected chi connectivity index (χ1v) is 9.07. The van der Waals surface area contributed by atoms with Gasteiger partial charge in [0, 0.05) is 37.1 Å². The minimum absolute atomic E-state index is 0.0267. The number of hydrogen-bond acceptors (Lipinski definition) is 5. The van der Waals surface area contributed by atoms with Crippen molar-refractivity contribution in [2.45, 2.75) is 13.3 Å². The highest BCUT2D eigenvalue weighted by molar-refractivity contribution is 7.09. The van der Waals surface area contributed by atoms with Gasteiger partial charge in [-0.3, -0.25) is 9.59 Å². The zero-order valence-corrected chi connectivity index (χ0v) is 15.2. The van der Waals surface area contributed by atoms with Crippen LogP contribution in [0.5, 0.6) is 5.75 Å². The standard InChI is InChI=1S/C18H21N3O3S/c1-13-19-15(12-25-13)11-17(22)20-6-8-21(9-7-20)18(23)14-4-3-5-16(10-14)24-2/h3-5,10,12H,6-9,11H2,1-2H3. The Morgan fingerprint density at radius 2 is 1.92 bits per heavy atom. The second kappa shape index (κ2) is 7.65. The van der Waals surface area contributed by atoms with Crippen LogP contribution < -0.4 is 4.74 Å². The third-order valence-corrected chi connectivity index (χ3v) is 5.06. The Morgan fingerprint density at radius 1 is 1.20 bits per heavy atom. The summed E-state index contributed by atoms with van der Waals surface area (Å²) in [7, 11) is 1.58. The maximum atomic E-state index is 12.6. The molecule has 1 aliphatic rings. The number of hydrogen-bond donors (Lipinski definition) is 0. The summed E-state index contributed by atoms with van der Waals surface area (Å²) < 4.78 is 5.17. The Bertz CT molecular complexity index is 766. The van der Waals surface area contributed by atoms with Crippen LogP contribution in [0.1, 0.15) is 21.1 Å². The van der Waals surface area contributed by atoms with Crippen LogP contribution in [0, 0.1) is 6.92 Å². The largest absolute Gasteiger partial charge is 0.497 e. The fourth-order valence-electron chi connectivity index (χ4n) is 2.85. The highest BCUT2D eigenvalue weighted by Crippen LogP contribution is 2.16. The molecular formula is C18H21N3O3S. The first-order valence-electron chi connectivity index (χ1n) is 8.19. The molecule has 1 fully saturated rings. The molecule has 7 heteroatoms. The molecule has 1 saturated heterocycles. The number of benzene rings is 1. The van der Waals surface area contributed by atoms with Crippen LogP contribution in [0.15, 0.2) is 29.6 Å². The molecule has 2 amide bonds. The zero-order valence-electron chi connectivity index (χ0n) is 14.4. The summed E-state index contributed by atoms with van der Waals surface area (Å²) in [5.74, 6) is 0.707. The lowest BCUT2D eigenvalue weighted by molar-refractivity contribution is -0.132. The quantitative estimate of drug-likeness (QED) is 0.838. The molecule has 0 spiro atoms. The molecule has 3 rings (SSSR count). The van der Waals surface area contributed by atoms with E-state index in [0.717, 1.165) is 10.7 Å². The van der Waals surface area contributed by atoms with Crippen LogP contribution in [0.25, 0.3) is 0 Å². The number of methoxy groups -OCH3 is 1. The Hall–Kier alpha value is -2.41. The van der Waals surface area contributed by atoms with Crippen LogP contribution in [0.2, 0.25) is 0 Å². The zero-order chi connectivity index (χ0) is 17.8. The SMILES string of the molecule is COc1cccc(C(=O)N2CCN(C(=O)Cc3csc(C)n3)CC2)c1. The molecule has 1 aliphatic heterocycles. The number of aromatic nitrogens is 1. The number of aryl methyl sites for hydroxylation is 1. The number of carbonyl (C=O) groups excluding carboxylic acids is 2. The van der Waals surface area contributed by atoms with Gasteiger partial charge in [0.15, 0.2) is 0 Å². The van der Waals surface area contributed by atoms with Gasteiger partial charge in [-0.2, -0.15) is 0 Å². The van der Waals surface area contributed by atoms with Gasteiger partial charge in [-0.15, -0.1) is 11.3 Å². The lowest BCUT2D eigenvalue weighted by Gasteiger charge is -2.34. The summed E-state index contributed by atoms with van der Waals surface area (Å²) in [6, 6.07) is 7.15.